The molecule has 0 atom stereocenters. The Morgan fingerprint density at radius 1 is 1.03 bits per heavy atom. The lowest BCUT2D eigenvalue weighted by Gasteiger charge is -2.33. The highest BCUT2D eigenvalue weighted by Gasteiger charge is 2.20. The van der Waals surface area contributed by atoms with Crippen molar-refractivity contribution >= 4 is 46.5 Å². The van der Waals surface area contributed by atoms with Gasteiger partial charge in [0.1, 0.15) is 5.82 Å². The molecule has 0 amide bonds. The molecule has 0 aliphatic carbocycles. The third-order valence-electron chi connectivity index (χ3n) is 5.44. The molecule has 1 aromatic heterocycles. The van der Waals surface area contributed by atoms with E-state index in [9.17, 15) is 0 Å². The van der Waals surface area contributed by atoms with Gasteiger partial charge >= 0.3 is 0 Å². The zero-order valence-electron chi connectivity index (χ0n) is 17.4. The molecule has 5 nitrogen and oxygen atoms in total. The predicted molar refractivity (Wildman–Crippen MR) is 137 cm³/mol. The Balaban J connectivity index is 0.00000256. The molecule has 4 rings (SSSR count). The summed E-state index contributed by atoms with van der Waals surface area (Å²) in [6.07, 6.45) is 4.02. The molecule has 1 aliphatic heterocycles. The number of hydrogen-bond acceptors (Lipinski definition) is 3. The van der Waals surface area contributed by atoms with Crippen molar-refractivity contribution in [1.82, 2.24) is 15.6 Å². The molecule has 1 aliphatic rings. The molecule has 2 heterocycles. The van der Waals surface area contributed by atoms with Crippen molar-refractivity contribution in [2.45, 2.75) is 32.4 Å². The lowest BCUT2D eigenvalue weighted by molar-refractivity contribution is 0.459. The summed E-state index contributed by atoms with van der Waals surface area (Å²) in [5, 5.41) is 9.58. The van der Waals surface area contributed by atoms with Crippen LogP contribution in [0.25, 0.3) is 10.8 Å². The molecule has 158 valence electrons. The van der Waals surface area contributed by atoms with Gasteiger partial charge in [0.05, 0.1) is 6.54 Å². The Labute approximate surface area is 196 Å². The van der Waals surface area contributed by atoms with Gasteiger partial charge in [0.2, 0.25) is 0 Å². The van der Waals surface area contributed by atoms with Gasteiger partial charge in [-0.1, -0.05) is 48.5 Å². The van der Waals surface area contributed by atoms with Gasteiger partial charge in [-0.05, 0) is 48.2 Å². The summed E-state index contributed by atoms with van der Waals surface area (Å²) in [5.74, 6) is 1.97. The van der Waals surface area contributed by atoms with Crippen molar-refractivity contribution in [1.29, 1.82) is 0 Å². The van der Waals surface area contributed by atoms with Crippen molar-refractivity contribution in [2.24, 2.45) is 4.99 Å². The van der Waals surface area contributed by atoms with Crippen molar-refractivity contribution in [3.05, 3.63) is 72.4 Å². The summed E-state index contributed by atoms with van der Waals surface area (Å²) in [5.41, 5.74) is 1.25. The molecule has 2 N–H and O–H groups in total. The standard InChI is InChI=1S/C24H29N5.HI/c1-2-25-24(27-18-20-10-7-9-19-8-3-4-11-22(19)20)28-21-13-16-29(17-14-21)23-12-5-6-15-26-23;/h3-12,15,21H,2,13-14,16-18H2,1H3,(H2,25,27,28);1H. The molecular formula is C24H30IN5. The summed E-state index contributed by atoms with van der Waals surface area (Å²) in [6.45, 7) is 5.66. The molecule has 2 aromatic carbocycles. The minimum atomic E-state index is 0. The van der Waals surface area contributed by atoms with Crippen LogP contribution in [-0.4, -0.2) is 36.6 Å². The second-order valence-corrected chi connectivity index (χ2v) is 7.43. The first-order valence-corrected chi connectivity index (χ1v) is 10.5. The third kappa shape index (κ3) is 5.62. The molecular weight excluding hydrogens is 485 g/mol. The highest BCUT2D eigenvalue weighted by Crippen LogP contribution is 2.20. The van der Waals surface area contributed by atoms with Crippen LogP contribution < -0.4 is 15.5 Å². The molecule has 0 saturated carbocycles. The molecule has 3 aromatic rings. The van der Waals surface area contributed by atoms with E-state index in [1.807, 2.05) is 12.3 Å². The van der Waals surface area contributed by atoms with Crippen LogP contribution in [0.5, 0.6) is 0 Å². The molecule has 30 heavy (non-hydrogen) atoms. The van der Waals surface area contributed by atoms with E-state index in [-0.39, 0.29) is 24.0 Å². The van der Waals surface area contributed by atoms with Gasteiger partial charge in [-0.2, -0.15) is 0 Å². The Bertz CT molecular complexity index is 947. The van der Waals surface area contributed by atoms with Gasteiger partial charge < -0.3 is 15.5 Å². The summed E-state index contributed by atoms with van der Waals surface area (Å²) in [6, 6.07) is 21.5. The van der Waals surface area contributed by atoms with E-state index >= 15 is 0 Å². The number of nitrogens with one attached hydrogen (secondary N) is 2. The number of benzene rings is 2. The van der Waals surface area contributed by atoms with E-state index in [0.29, 0.717) is 12.6 Å². The van der Waals surface area contributed by atoms with Crippen LogP contribution in [0.4, 0.5) is 5.82 Å². The molecule has 1 fully saturated rings. The van der Waals surface area contributed by atoms with E-state index in [2.05, 4.69) is 82.0 Å². The number of aliphatic imine (C=N–C) groups is 1. The fraction of sp³-hybridized carbons (Fsp3) is 0.333. The summed E-state index contributed by atoms with van der Waals surface area (Å²) < 4.78 is 0. The van der Waals surface area contributed by atoms with E-state index in [1.165, 1.54) is 16.3 Å². The van der Waals surface area contributed by atoms with E-state index < -0.39 is 0 Å². The number of pyridine rings is 1. The first-order chi connectivity index (χ1) is 14.3. The number of rotatable bonds is 5. The minimum absolute atomic E-state index is 0. The Morgan fingerprint density at radius 2 is 1.80 bits per heavy atom. The van der Waals surface area contributed by atoms with Crippen molar-refractivity contribution in [2.75, 3.05) is 24.5 Å². The maximum absolute atomic E-state index is 4.87. The monoisotopic (exact) mass is 515 g/mol. The third-order valence-corrected chi connectivity index (χ3v) is 5.44. The average molecular weight is 515 g/mol. The highest BCUT2D eigenvalue weighted by atomic mass is 127. The number of hydrogen-bond donors (Lipinski definition) is 2. The Hall–Kier alpha value is -2.35. The van der Waals surface area contributed by atoms with Crippen LogP contribution in [-0.2, 0) is 6.54 Å². The SMILES string of the molecule is CCNC(=NCc1cccc2ccccc12)NC1CCN(c2ccccn2)CC1.I. The maximum Gasteiger partial charge on any atom is 0.191 e. The van der Waals surface area contributed by atoms with E-state index in [0.717, 1.165) is 44.3 Å². The average Bonchev–Trinajstić information content (AvgIpc) is 2.79. The van der Waals surface area contributed by atoms with Crippen LogP contribution in [0.1, 0.15) is 25.3 Å². The van der Waals surface area contributed by atoms with Crippen molar-refractivity contribution < 1.29 is 0 Å². The first kappa shape index (κ1) is 22.3. The topological polar surface area (TPSA) is 52.6 Å². The van der Waals surface area contributed by atoms with Gasteiger partial charge in [0, 0.05) is 31.9 Å². The summed E-state index contributed by atoms with van der Waals surface area (Å²) in [4.78, 5) is 11.7. The van der Waals surface area contributed by atoms with Crippen LogP contribution >= 0.6 is 24.0 Å². The second-order valence-electron chi connectivity index (χ2n) is 7.43. The van der Waals surface area contributed by atoms with Crippen LogP contribution in [0, 0.1) is 0 Å². The highest BCUT2D eigenvalue weighted by molar-refractivity contribution is 14.0. The van der Waals surface area contributed by atoms with Crippen molar-refractivity contribution in [3.8, 4) is 0 Å². The number of nitrogens with zero attached hydrogens (tertiary/aromatic N) is 3. The minimum Gasteiger partial charge on any atom is -0.357 e. The van der Waals surface area contributed by atoms with Gasteiger partial charge in [-0.15, -0.1) is 24.0 Å². The number of halogens is 1. The van der Waals surface area contributed by atoms with E-state index in [1.54, 1.807) is 0 Å². The lowest BCUT2D eigenvalue weighted by atomic mass is 10.0. The quantitative estimate of drug-likeness (QED) is 0.297. The summed E-state index contributed by atoms with van der Waals surface area (Å²) in [7, 11) is 0. The van der Waals surface area contributed by atoms with Gasteiger partial charge in [0.15, 0.2) is 5.96 Å². The number of fused-ring (bicyclic) bond motifs is 1. The first-order valence-electron chi connectivity index (χ1n) is 10.5. The van der Waals surface area contributed by atoms with Gasteiger partial charge in [0.25, 0.3) is 0 Å². The lowest BCUT2D eigenvalue weighted by Crippen LogP contribution is -2.48. The van der Waals surface area contributed by atoms with E-state index in [4.69, 9.17) is 4.99 Å². The van der Waals surface area contributed by atoms with Crippen LogP contribution in [0.3, 0.4) is 0 Å². The molecule has 0 bridgehead atoms. The largest absolute Gasteiger partial charge is 0.357 e. The van der Waals surface area contributed by atoms with Crippen molar-refractivity contribution in [3.63, 3.8) is 0 Å². The number of piperidine rings is 1. The summed E-state index contributed by atoms with van der Waals surface area (Å²) >= 11 is 0. The fourth-order valence-electron chi connectivity index (χ4n) is 3.90. The zero-order valence-corrected chi connectivity index (χ0v) is 19.8. The van der Waals surface area contributed by atoms with Crippen LogP contribution in [0.2, 0.25) is 0 Å². The van der Waals surface area contributed by atoms with Gasteiger partial charge in [-0.3, -0.25) is 0 Å². The van der Waals surface area contributed by atoms with Crippen LogP contribution in [0.15, 0.2) is 71.9 Å². The second kappa shape index (κ2) is 11.2. The Kier molecular flexibility index (Phi) is 8.30. The zero-order chi connectivity index (χ0) is 19.9. The molecule has 0 radical (unpaired) electrons. The molecule has 0 unspecified atom stereocenters. The fourth-order valence-corrected chi connectivity index (χ4v) is 3.90. The number of anilines is 1. The number of guanidine groups is 1. The predicted octanol–water partition coefficient (Wildman–Crippen LogP) is 4.58. The normalized spacial score (nSPS) is 15.0. The smallest absolute Gasteiger partial charge is 0.191 e. The molecule has 0 spiro atoms. The number of aromatic nitrogens is 1. The van der Waals surface area contributed by atoms with Gasteiger partial charge in [-0.25, -0.2) is 9.98 Å². The Morgan fingerprint density at radius 3 is 2.57 bits per heavy atom. The molecule has 6 heteroatoms. The maximum atomic E-state index is 4.87. The molecule has 1 saturated heterocycles.